The molecule has 176 valence electrons. The Bertz CT molecular complexity index is 1200. The number of fused-ring (bicyclic) bond motifs is 1. The summed E-state index contributed by atoms with van der Waals surface area (Å²) in [6.07, 6.45) is 1.59. The van der Waals surface area contributed by atoms with E-state index in [4.69, 9.17) is 16.3 Å². The van der Waals surface area contributed by atoms with Crippen LogP contribution >= 0.6 is 11.6 Å². The topological polar surface area (TPSA) is 79.7 Å². The van der Waals surface area contributed by atoms with Crippen LogP contribution in [0.15, 0.2) is 60.8 Å². The number of hydrogen-bond acceptors (Lipinski definition) is 5. The summed E-state index contributed by atoms with van der Waals surface area (Å²) in [5.74, 6) is 2.46. The van der Waals surface area contributed by atoms with Crippen molar-refractivity contribution in [2.75, 3.05) is 31.5 Å². The molecular formula is C25H26ClN5O3. The summed E-state index contributed by atoms with van der Waals surface area (Å²) in [6, 6.07) is 17.0. The number of carbonyl (C=O) groups is 2. The Morgan fingerprint density at radius 2 is 1.82 bits per heavy atom. The van der Waals surface area contributed by atoms with Gasteiger partial charge in [-0.2, -0.15) is 4.68 Å². The Labute approximate surface area is 203 Å². The molecule has 2 aliphatic rings. The second kappa shape index (κ2) is 9.48. The van der Waals surface area contributed by atoms with Crippen LogP contribution in [0.4, 0.5) is 10.6 Å². The van der Waals surface area contributed by atoms with E-state index >= 15 is 0 Å². The molecule has 5 rings (SSSR count). The normalized spacial score (nSPS) is 19.8. The number of aromatic nitrogens is 2. The van der Waals surface area contributed by atoms with Crippen LogP contribution in [0.3, 0.4) is 0 Å². The van der Waals surface area contributed by atoms with Crippen molar-refractivity contribution in [3.05, 3.63) is 71.4 Å². The molecule has 9 heteroatoms. The van der Waals surface area contributed by atoms with Gasteiger partial charge in [-0.3, -0.25) is 9.69 Å². The molecule has 0 spiro atoms. The summed E-state index contributed by atoms with van der Waals surface area (Å²) in [5, 5.41) is 7.35. The number of amides is 2. The first-order chi connectivity index (χ1) is 16.4. The Balaban J connectivity index is 1.16. The van der Waals surface area contributed by atoms with Gasteiger partial charge in [0.15, 0.2) is 5.82 Å². The molecule has 2 aliphatic heterocycles. The van der Waals surface area contributed by atoms with Crippen molar-refractivity contribution in [1.82, 2.24) is 19.6 Å². The highest BCUT2D eigenvalue weighted by Gasteiger charge is 2.41. The molecule has 2 atom stereocenters. The van der Waals surface area contributed by atoms with Crippen LogP contribution in [0.5, 0.6) is 11.5 Å². The molecular weight excluding hydrogens is 454 g/mol. The number of para-hydroxylation sites is 1. The van der Waals surface area contributed by atoms with Crippen molar-refractivity contribution in [3.63, 3.8) is 0 Å². The molecule has 3 aromatic rings. The maximum Gasteiger partial charge on any atom is 0.344 e. The van der Waals surface area contributed by atoms with Crippen molar-refractivity contribution in [2.45, 2.75) is 13.5 Å². The van der Waals surface area contributed by atoms with Gasteiger partial charge in [-0.15, -0.1) is 5.10 Å². The molecule has 34 heavy (non-hydrogen) atoms. The van der Waals surface area contributed by atoms with Gasteiger partial charge in [-0.1, -0.05) is 35.9 Å². The Morgan fingerprint density at radius 1 is 1.06 bits per heavy atom. The summed E-state index contributed by atoms with van der Waals surface area (Å²) in [4.78, 5) is 28.3. The van der Waals surface area contributed by atoms with Crippen LogP contribution in [-0.4, -0.2) is 57.7 Å². The van der Waals surface area contributed by atoms with Crippen LogP contribution in [0, 0.1) is 11.8 Å². The number of ether oxygens (including phenoxy) is 1. The molecule has 2 aromatic carbocycles. The van der Waals surface area contributed by atoms with Gasteiger partial charge in [0.1, 0.15) is 11.5 Å². The minimum atomic E-state index is -0.213. The van der Waals surface area contributed by atoms with Crippen LogP contribution in [0.25, 0.3) is 0 Å². The van der Waals surface area contributed by atoms with E-state index < -0.39 is 0 Å². The highest BCUT2D eigenvalue weighted by Crippen LogP contribution is 2.33. The molecule has 0 saturated carbocycles. The summed E-state index contributed by atoms with van der Waals surface area (Å²) < 4.78 is 7.27. The van der Waals surface area contributed by atoms with Gasteiger partial charge in [0.2, 0.25) is 5.91 Å². The Hall–Kier alpha value is -3.36. The molecule has 0 bridgehead atoms. The van der Waals surface area contributed by atoms with E-state index in [1.165, 1.54) is 17.2 Å². The SMILES string of the molecule is CC(=O)Nc1ccn(C(=O)N2CC3CN(Cc4cccc(Oc5ccccc5Cl)c4)CC3C2)n1. The van der Waals surface area contributed by atoms with Crippen molar-refractivity contribution in [1.29, 1.82) is 0 Å². The molecule has 3 heterocycles. The first-order valence-corrected chi connectivity index (χ1v) is 11.7. The van der Waals surface area contributed by atoms with E-state index in [-0.39, 0.29) is 11.9 Å². The maximum absolute atomic E-state index is 12.8. The van der Waals surface area contributed by atoms with E-state index in [0.29, 0.717) is 41.5 Å². The fourth-order valence-corrected chi connectivity index (χ4v) is 4.99. The molecule has 1 aromatic heterocycles. The number of anilines is 1. The number of likely N-dealkylation sites (tertiary alicyclic amines) is 2. The van der Waals surface area contributed by atoms with Crippen LogP contribution < -0.4 is 10.1 Å². The van der Waals surface area contributed by atoms with E-state index in [0.717, 1.165) is 25.4 Å². The first-order valence-electron chi connectivity index (χ1n) is 11.3. The second-order valence-electron chi connectivity index (χ2n) is 8.91. The van der Waals surface area contributed by atoms with E-state index in [2.05, 4.69) is 27.4 Å². The molecule has 0 radical (unpaired) electrons. The lowest BCUT2D eigenvalue weighted by Crippen LogP contribution is -2.36. The number of rotatable bonds is 5. The summed E-state index contributed by atoms with van der Waals surface area (Å²) >= 11 is 6.22. The largest absolute Gasteiger partial charge is 0.456 e. The summed E-state index contributed by atoms with van der Waals surface area (Å²) in [5.41, 5.74) is 1.18. The van der Waals surface area contributed by atoms with Gasteiger partial charge >= 0.3 is 6.03 Å². The predicted molar refractivity (Wildman–Crippen MR) is 129 cm³/mol. The quantitative estimate of drug-likeness (QED) is 0.589. The van der Waals surface area contributed by atoms with E-state index in [9.17, 15) is 9.59 Å². The number of hydrogen-bond donors (Lipinski definition) is 1. The third-order valence-corrected chi connectivity index (χ3v) is 6.60. The molecule has 8 nitrogen and oxygen atoms in total. The summed E-state index contributed by atoms with van der Waals surface area (Å²) in [6.45, 7) is 5.56. The van der Waals surface area contributed by atoms with Gasteiger partial charge in [0, 0.05) is 51.9 Å². The van der Waals surface area contributed by atoms with E-state index in [1.54, 1.807) is 12.3 Å². The van der Waals surface area contributed by atoms with Crippen molar-refractivity contribution >= 4 is 29.4 Å². The summed E-state index contributed by atoms with van der Waals surface area (Å²) in [7, 11) is 0. The number of benzene rings is 2. The lowest BCUT2D eigenvalue weighted by atomic mass is 10.0. The molecule has 2 unspecified atom stereocenters. The smallest absolute Gasteiger partial charge is 0.344 e. The predicted octanol–water partition coefficient (Wildman–Crippen LogP) is 4.32. The number of nitrogens with zero attached hydrogens (tertiary/aromatic N) is 4. The number of nitrogens with one attached hydrogen (secondary N) is 1. The van der Waals surface area contributed by atoms with Crippen LogP contribution in [0.1, 0.15) is 12.5 Å². The van der Waals surface area contributed by atoms with Crippen molar-refractivity contribution in [3.8, 4) is 11.5 Å². The maximum atomic E-state index is 12.8. The van der Waals surface area contributed by atoms with Crippen molar-refractivity contribution < 1.29 is 14.3 Å². The van der Waals surface area contributed by atoms with E-state index in [1.807, 2.05) is 41.3 Å². The zero-order valence-electron chi connectivity index (χ0n) is 18.9. The van der Waals surface area contributed by atoms with Crippen molar-refractivity contribution in [2.24, 2.45) is 11.8 Å². The fraction of sp³-hybridized carbons (Fsp3) is 0.320. The third-order valence-electron chi connectivity index (χ3n) is 6.29. The number of carbonyl (C=O) groups excluding carboxylic acids is 2. The average Bonchev–Trinajstić information content (AvgIpc) is 3.50. The van der Waals surface area contributed by atoms with Gasteiger partial charge in [0.05, 0.1) is 5.02 Å². The molecule has 1 N–H and O–H groups in total. The molecule has 2 saturated heterocycles. The van der Waals surface area contributed by atoms with Crippen LogP contribution in [0.2, 0.25) is 5.02 Å². The average molecular weight is 480 g/mol. The highest BCUT2D eigenvalue weighted by atomic mass is 35.5. The number of halogens is 1. The monoisotopic (exact) mass is 479 g/mol. The lowest BCUT2D eigenvalue weighted by Gasteiger charge is -2.21. The Kier molecular flexibility index (Phi) is 6.26. The zero-order chi connectivity index (χ0) is 23.7. The van der Waals surface area contributed by atoms with Gasteiger partial charge in [-0.05, 0) is 41.7 Å². The standard InChI is InChI=1S/C25H26ClN5O3/c1-17(32)27-24-9-10-31(28-24)25(33)30-15-19-13-29(14-20(19)16-30)12-18-5-4-6-21(11-18)34-23-8-3-2-7-22(23)26/h2-11,19-20H,12-16H2,1H3,(H,27,28,32). The molecule has 2 fully saturated rings. The minimum Gasteiger partial charge on any atom is -0.456 e. The van der Waals surface area contributed by atoms with Gasteiger partial charge in [-0.25, -0.2) is 4.79 Å². The fourth-order valence-electron chi connectivity index (χ4n) is 4.82. The van der Waals surface area contributed by atoms with Gasteiger partial charge in [0.25, 0.3) is 0 Å². The second-order valence-corrected chi connectivity index (χ2v) is 9.32. The minimum absolute atomic E-state index is 0.151. The molecule has 0 aliphatic carbocycles. The zero-order valence-corrected chi connectivity index (χ0v) is 19.6. The van der Waals surface area contributed by atoms with Crippen LogP contribution in [-0.2, 0) is 11.3 Å². The third kappa shape index (κ3) is 4.93. The lowest BCUT2D eigenvalue weighted by molar-refractivity contribution is -0.114. The highest BCUT2D eigenvalue weighted by molar-refractivity contribution is 6.32. The first kappa shape index (κ1) is 22.4. The molecule has 2 amide bonds. The Morgan fingerprint density at radius 3 is 2.56 bits per heavy atom. The van der Waals surface area contributed by atoms with Gasteiger partial charge < -0.3 is 15.0 Å².